The Morgan fingerprint density at radius 1 is 1.13 bits per heavy atom. The molecule has 0 radical (unpaired) electrons. The van der Waals surface area contributed by atoms with Crippen LogP contribution in [0, 0.1) is 16.7 Å². The Morgan fingerprint density at radius 2 is 1.82 bits per heavy atom. The predicted octanol–water partition coefficient (Wildman–Crippen LogP) is 2.83. The molecule has 0 atom stereocenters. The molecule has 2 fully saturated rings. The van der Waals surface area contributed by atoms with Crippen molar-refractivity contribution in [3.63, 3.8) is 0 Å². The molecule has 1 amide bonds. The van der Waals surface area contributed by atoms with Gasteiger partial charge in [0.15, 0.2) is 11.5 Å². The molecular formula is C28H25N7O4. The zero-order valence-electron chi connectivity index (χ0n) is 21.2. The van der Waals surface area contributed by atoms with Gasteiger partial charge < -0.3 is 20.1 Å². The number of imidazole rings is 1. The van der Waals surface area contributed by atoms with Gasteiger partial charge in [0.1, 0.15) is 35.0 Å². The van der Waals surface area contributed by atoms with Crippen LogP contribution in [0.4, 0.5) is 5.82 Å². The first-order valence-electron chi connectivity index (χ1n) is 12.4. The Labute approximate surface area is 223 Å². The summed E-state index contributed by atoms with van der Waals surface area (Å²) < 4.78 is 14.1. The summed E-state index contributed by atoms with van der Waals surface area (Å²) in [5.41, 5.74) is 6.97. The monoisotopic (exact) mass is 523 g/mol. The van der Waals surface area contributed by atoms with Crippen molar-refractivity contribution in [2.24, 2.45) is 5.41 Å². The number of amides is 1. The summed E-state index contributed by atoms with van der Waals surface area (Å²) in [6.45, 7) is 3.42. The number of rotatable bonds is 6. The molecule has 0 saturated carbocycles. The van der Waals surface area contributed by atoms with Gasteiger partial charge in [0.2, 0.25) is 0 Å². The molecule has 2 N–H and O–H groups in total. The number of carbonyl (C=O) groups is 1. The maximum Gasteiger partial charge on any atom is 0.335 e. The molecule has 0 unspecified atom stereocenters. The Hall–Kier alpha value is -4.95. The summed E-state index contributed by atoms with van der Waals surface area (Å²) in [6, 6.07) is 18.1. The number of carbonyl (C=O) groups excluding carboxylic acids is 1. The minimum atomic E-state index is -0.359. The highest BCUT2D eigenvalue weighted by Gasteiger charge is 2.39. The van der Waals surface area contributed by atoms with Crippen molar-refractivity contribution in [2.75, 3.05) is 32.0 Å². The topological polar surface area (TPSA) is 141 Å². The zero-order valence-corrected chi connectivity index (χ0v) is 21.2. The summed E-state index contributed by atoms with van der Waals surface area (Å²) in [4.78, 5) is 36.7. The third-order valence-electron chi connectivity index (χ3n) is 6.98. The van der Waals surface area contributed by atoms with E-state index >= 15 is 0 Å². The highest BCUT2D eigenvalue weighted by molar-refractivity contribution is 5.98. The molecule has 11 heteroatoms. The smallest absolute Gasteiger partial charge is 0.335 e. The lowest BCUT2D eigenvalue weighted by atomic mass is 9.86. The maximum atomic E-state index is 13.7. The van der Waals surface area contributed by atoms with Crippen LogP contribution in [0.1, 0.15) is 13.0 Å². The lowest BCUT2D eigenvalue weighted by Crippen LogP contribution is -2.53. The molecule has 11 nitrogen and oxygen atoms in total. The molecular weight excluding hydrogens is 498 g/mol. The SMILES string of the molecule is CC1(C=C(C#N)C(=O)N2CC(n3c(=O)n(-c4ccc(Oc5ccccc5)cc4)c4c(N)ncnc43)C2)COC1. The first kappa shape index (κ1) is 24.4. The van der Waals surface area contributed by atoms with E-state index in [1.54, 1.807) is 39.8 Å². The van der Waals surface area contributed by atoms with Crippen LogP contribution >= 0.6 is 0 Å². The molecule has 2 saturated heterocycles. The second-order valence-corrected chi connectivity index (χ2v) is 10.0. The van der Waals surface area contributed by atoms with Gasteiger partial charge in [-0.2, -0.15) is 5.26 Å². The third kappa shape index (κ3) is 4.30. The summed E-state index contributed by atoms with van der Waals surface area (Å²) in [6.07, 6.45) is 3.00. The molecule has 2 aliphatic rings. The van der Waals surface area contributed by atoms with Gasteiger partial charge in [-0.25, -0.2) is 14.8 Å². The van der Waals surface area contributed by atoms with E-state index in [-0.39, 0.29) is 47.5 Å². The van der Waals surface area contributed by atoms with Gasteiger partial charge in [-0.3, -0.25) is 13.9 Å². The van der Waals surface area contributed by atoms with Crippen molar-refractivity contribution in [1.82, 2.24) is 24.0 Å². The van der Waals surface area contributed by atoms with Crippen molar-refractivity contribution in [3.8, 4) is 23.3 Å². The van der Waals surface area contributed by atoms with E-state index in [1.807, 2.05) is 43.3 Å². The van der Waals surface area contributed by atoms with Gasteiger partial charge in [0.25, 0.3) is 5.91 Å². The van der Waals surface area contributed by atoms with Crippen LogP contribution < -0.4 is 16.2 Å². The molecule has 39 heavy (non-hydrogen) atoms. The highest BCUT2D eigenvalue weighted by Crippen LogP contribution is 2.32. The third-order valence-corrected chi connectivity index (χ3v) is 6.98. The summed E-state index contributed by atoms with van der Waals surface area (Å²) in [5, 5.41) is 9.57. The van der Waals surface area contributed by atoms with Crippen molar-refractivity contribution in [1.29, 1.82) is 5.26 Å². The quantitative estimate of drug-likeness (QED) is 0.300. The van der Waals surface area contributed by atoms with Crippen molar-refractivity contribution in [2.45, 2.75) is 13.0 Å². The zero-order chi connectivity index (χ0) is 27.1. The van der Waals surface area contributed by atoms with Gasteiger partial charge >= 0.3 is 5.69 Å². The van der Waals surface area contributed by atoms with Gasteiger partial charge in [-0.1, -0.05) is 31.2 Å². The standard InChI is InChI=1S/C28H25N7O4/c1-28(15-38-16-28)11-18(12-29)26(36)33-13-20(14-33)35-25-23(24(30)31-17-32-25)34(27(35)37)19-7-9-22(10-8-19)39-21-5-3-2-4-6-21/h2-11,17,20H,13-16H2,1H3,(H2,30,31,32). The van der Waals surface area contributed by atoms with Crippen LogP contribution in [0.3, 0.4) is 0 Å². The lowest BCUT2D eigenvalue weighted by molar-refractivity contribution is -0.132. The van der Waals surface area contributed by atoms with Gasteiger partial charge in [0.05, 0.1) is 24.9 Å². The molecule has 0 bridgehead atoms. The average Bonchev–Trinajstić information content (AvgIpc) is 3.19. The first-order chi connectivity index (χ1) is 18.9. The maximum absolute atomic E-state index is 13.7. The summed E-state index contributed by atoms with van der Waals surface area (Å²) in [5.74, 6) is 1.12. The van der Waals surface area contributed by atoms with Crippen LogP contribution in [0.2, 0.25) is 0 Å². The minimum Gasteiger partial charge on any atom is -0.457 e. The number of fused-ring (bicyclic) bond motifs is 1. The van der Waals surface area contributed by atoms with Crippen molar-refractivity contribution >= 4 is 22.9 Å². The molecule has 4 aromatic rings. The van der Waals surface area contributed by atoms with E-state index in [0.717, 1.165) is 0 Å². The predicted molar refractivity (Wildman–Crippen MR) is 142 cm³/mol. The second kappa shape index (κ2) is 9.41. The van der Waals surface area contributed by atoms with Gasteiger partial charge in [-0.15, -0.1) is 0 Å². The number of aromatic nitrogens is 4. The number of hydrogen-bond acceptors (Lipinski definition) is 8. The fourth-order valence-corrected chi connectivity index (χ4v) is 4.88. The Morgan fingerprint density at radius 3 is 2.46 bits per heavy atom. The van der Waals surface area contributed by atoms with E-state index in [4.69, 9.17) is 15.2 Å². The number of anilines is 1. The number of hydrogen-bond donors (Lipinski definition) is 1. The number of nitrogens with two attached hydrogens (primary N) is 1. The van der Waals surface area contributed by atoms with Gasteiger partial charge in [0, 0.05) is 18.5 Å². The lowest BCUT2D eigenvalue weighted by Gasteiger charge is -2.40. The molecule has 0 spiro atoms. The van der Waals surface area contributed by atoms with Crippen LogP contribution in [-0.2, 0) is 9.53 Å². The number of nitriles is 1. The number of likely N-dealkylation sites (tertiary alicyclic amines) is 1. The number of para-hydroxylation sites is 1. The molecule has 196 valence electrons. The van der Waals surface area contributed by atoms with Crippen LogP contribution in [0.5, 0.6) is 11.5 Å². The van der Waals surface area contributed by atoms with E-state index in [9.17, 15) is 14.9 Å². The molecule has 2 aliphatic heterocycles. The van der Waals surface area contributed by atoms with Crippen LogP contribution in [-0.4, -0.2) is 56.2 Å². The molecule has 6 rings (SSSR count). The average molecular weight is 524 g/mol. The number of nitrogen functional groups attached to an aromatic ring is 1. The molecule has 2 aromatic heterocycles. The summed E-state index contributed by atoms with van der Waals surface area (Å²) >= 11 is 0. The van der Waals surface area contributed by atoms with E-state index in [0.29, 0.717) is 41.6 Å². The first-order valence-corrected chi connectivity index (χ1v) is 12.4. The molecule has 2 aromatic carbocycles. The van der Waals surface area contributed by atoms with Gasteiger partial charge in [-0.05, 0) is 36.4 Å². The fraction of sp³-hybridized carbons (Fsp3) is 0.250. The van der Waals surface area contributed by atoms with E-state index in [1.165, 1.54) is 10.9 Å². The normalized spacial score (nSPS) is 16.8. The number of benzene rings is 2. The van der Waals surface area contributed by atoms with E-state index < -0.39 is 0 Å². The Bertz CT molecular complexity index is 1690. The van der Waals surface area contributed by atoms with E-state index in [2.05, 4.69) is 9.97 Å². The molecule has 0 aliphatic carbocycles. The second-order valence-electron chi connectivity index (χ2n) is 10.0. The van der Waals surface area contributed by atoms with Crippen LogP contribution in [0.15, 0.2) is 77.4 Å². The summed E-state index contributed by atoms with van der Waals surface area (Å²) in [7, 11) is 0. The number of ether oxygens (including phenoxy) is 2. The van der Waals surface area contributed by atoms with Crippen molar-refractivity contribution < 1.29 is 14.3 Å². The molecule has 4 heterocycles. The highest BCUT2D eigenvalue weighted by atomic mass is 16.5. The minimum absolute atomic E-state index is 0.0819. The Kier molecular flexibility index (Phi) is 5.89. The van der Waals surface area contributed by atoms with Crippen LogP contribution in [0.25, 0.3) is 16.9 Å². The van der Waals surface area contributed by atoms with Crippen molar-refractivity contribution in [3.05, 3.63) is 83.1 Å². The number of nitrogens with zero attached hydrogens (tertiary/aromatic N) is 6. The fourth-order valence-electron chi connectivity index (χ4n) is 4.88. The Balaban J connectivity index is 1.29. The largest absolute Gasteiger partial charge is 0.457 e.